The van der Waals surface area contributed by atoms with E-state index in [9.17, 15) is 0 Å². The third-order valence-electron chi connectivity index (χ3n) is 11.5. The van der Waals surface area contributed by atoms with E-state index in [4.69, 9.17) is 4.42 Å². The molecule has 0 N–H and O–H groups in total. The van der Waals surface area contributed by atoms with Gasteiger partial charge in [0.2, 0.25) is 11.8 Å². The minimum absolute atomic E-state index is 0.492. The molecular weight excluding hydrogens is 707 g/mol. The van der Waals surface area contributed by atoms with Crippen molar-refractivity contribution in [3.05, 3.63) is 205 Å². The topological polar surface area (TPSA) is 43.9 Å². The van der Waals surface area contributed by atoms with Crippen molar-refractivity contribution in [1.82, 2.24) is 14.8 Å². The van der Waals surface area contributed by atoms with Crippen LogP contribution in [0.1, 0.15) is 17.7 Å². The molecule has 10 aromatic rings. The predicted octanol–water partition coefficient (Wildman–Crippen LogP) is 14.1. The van der Waals surface area contributed by atoms with E-state index in [2.05, 4.69) is 215 Å². The molecule has 58 heavy (non-hydrogen) atoms. The van der Waals surface area contributed by atoms with Gasteiger partial charge in [-0.3, -0.25) is 0 Å². The van der Waals surface area contributed by atoms with Gasteiger partial charge < -0.3 is 8.98 Å². The summed E-state index contributed by atoms with van der Waals surface area (Å²) in [6, 6.07) is 66.8. The molecule has 4 nitrogen and oxygen atoms in total. The molecule has 8 aromatic carbocycles. The van der Waals surface area contributed by atoms with Crippen molar-refractivity contribution in [2.45, 2.75) is 12.8 Å². The fraction of sp³-hybridized carbons (Fsp3) is 0.0370. The highest BCUT2D eigenvalue weighted by molar-refractivity contribution is 5.97. The fourth-order valence-corrected chi connectivity index (χ4v) is 8.71. The van der Waals surface area contributed by atoms with Gasteiger partial charge in [0, 0.05) is 27.9 Å². The third kappa shape index (κ3) is 5.86. The standard InChI is InChI=1S/C54H37N3O/c1-2-14-43-36(12-1)13-11-21-44(43)37-24-28-40(29-25-37)53-55-56-54(58-53)41-30-26-38(27-31-41)45-15-3-5-17-47(45)48-18-6-4-16-46(48)39-32-34-42(35-33-39)57-51-22-9-7-19-49(51)50-20-8-10-23-52(50)57/h1-7,9-19,21-35H,8,20H2. The number of para-hydroxylation sites is 1. The van der Waals surface area contributed by atoms with Gasteiger partial charge in [-0.15, -0.1) is 10.2 Å². The highest BCUT2D eigenvalue weighted by Crippen LogP contribution is 2.40. The van der Waals surface area contributed by atoms with Crippen LogP contribution in [0, 0.1) is 0 Å². The Morgan fingerprint density at radius 2 is 0.897 bits per heavy atom. The first-order valence-electron chi connectivity index (χ1n) is 19.9. The van der Waals surface area contributed by atoms with Crippen molar-refractivity contribution in [2.24, 2.45) is 0 Å². The second-order valence-electron chi connectivity index (χ2n) is 14.9. The minimum atomic E-state index is 0.492. The number of rotatable bonds is 7. The summed E-state index contributed by atoms with van der Waals surface area (Å²) in [5, 5.41) is 12.7. The Morgan fingerprint density at radius 1 is 0.414 bits per heavy atom. The first-order chi connectivity index (χ1) is 28.8. The predicted molar refractivity (Wildman–Crippen MR) is 239 cm³/mol. The monoisotopic (exact) mass is 743 g/mol. The molecule has 0 spiro atoms. The SMILES string of the molecule is C1=Cc2c(c3ccccc3n2-c2ccc(-c3ccccc3-c3ccccc3-c3ccc(-c4nnc(-c5ccc(-c6cccc7ccccc67)cc5)o4)cc3)cc2)CC1. The van der Waals surface area contributed by atoms with Gasteiger partial charge in [-0.05, 0) is 122 Å². The molecule has 1 aliphatic rings. The summed E-state index contributed by atoms with van der Waals surface area (Å²) in [6.07, 6.45) is 6.75. The minimum Gasteiger partial charge on any atom is -0.416 e. The molecule has 1 aliphatic carbocycles. The number of fused-ring (bicyclic) bond motifs is 4. The summed E-state index contributed by atoms with van der Waals surface area (Å²) in [5.74, 6) is 0.989. The molecule has 4 heteroatoms. The molecule has 0 saturated heterocycles. The maximum absolute atomic E-state index is 6.23. The number of nitrogens with zero attached hydrogens (tertiary/aromatic N) is 3. The quantitative estimate of drug-likeness (QED) is 0.163. The van der Waals surface area contributed by atoms with Crippen LogP contribution in [0.25, 0.3) is 101 Å². The van der Waals surface area contributed by atoms with Gasteiger partial charge in [-0.2, -0.15) is 0 Å². The zero-order valence-corrected chi connectivity index (χ0v) is 31.7. The summed E-state index contributed by atoms with van der Waals surface area (Å²) in [4.78, 5) is 0. The number of hydrogen-bond donors (Lipinski definition) is 0. The van der Waals surface area contributed by atoms with Crippen LogP contribution in [-0.2, 0) is 6.42 Å². The lowest BCUT2D eigenvalue weighted by Crippen LogP contribution is -2.00. The van der Waals surface area contributed by atoms with Crippen LogP contribution < -0.4 is 0 Å². The third-order valence-corrected chi connectivity index (χ3v) is 11.5. The van der Waals surface area contributed by atoms with Crippen LogP contribution in [0.15, 0.2) is 199 Å². The van der Waals surface area contributed by atoms with Gasteiger partial charge in [-0.25, -0.2) is 0 Å². The maximum Gasteiger partial charge on any atom is 0.248 e. The first-order valence-corrected chi connectivity index (χ1v) is 19.9. The van der Waals surface area contributed by atoms with Crippen molar-refractivity contribution >= 4 is 27.8 Å². The average Bonchev–Trinajstić information content (AvgIpc) is 3.93. The number of aromatic nitrogens is 3. The largest absolute Gasteiger partial charge is 0.416 e. The molecule has 2 heterocycles. The van der Waals surface area contributed by atoms with E-state index >= 15 is 0 Å². The number of allylic oxidation sites excluding steroid dienone is 1. The van der Waals surface area contributed by atoms with Crippen LogP contribution in [0.2, 0.25) is 0 Å². The molecule has 274 valence electrons. The Balaban J connectivity index is 0.869. The van der Waals surface area contributed by atoms with E-state index in [-0.39, 0.29) is 0 Å². The number of benzene rings is 8. The Morgan fingerprint density at radius 3 is 1.55 bits per heavy atom. The van der Waals surface area contributed by atoms with Gasteiger partial charge >= 0.3 is 0 Å². The lowest BCUT2D eigenvalue weighted by molar-refractivity contribution is 0.584. The summed E-state index contributed by atoms with van der Waals surface area (Å²) < 4.78 is 8.64. The Bertz CT molecular complexity index is 3140. The summed E-state index contributed by atoms with van der Waals surface area (Å²) in [5.41, 5.74) is 16.3. The second-order valence-corrected chi connectivity index (χ2v) is 14.9. The molecule has 2 aromatic heterocycles. The Labute approximate surface area is 337 Å². The maximum atomic E-state index is 6.23. The van der Waals surface area contributed by atoms with Crippen LogP contribution >= 0.6 is 0 Å². The van der Waals surface area contributed by atoms with Gasteiger partial charge in [0.1, 0.15) is 0 Å². The van der Waals surface area contributed by atoms with Crippen LogP contribution in [0.5, 0.6) is 0 Å². The van der Waals surface area contributed by atoms with E-state index in [1.165, 1.54) is 66.4 Å². The van der Waals surface area contributed by atoms with Crippen LogP contribution in [0.4, 0.5) is 0 Å². The molecule has 0 aliphatic heterocycles. The fourth-order valence-electron chi connectivity index (χ4n) is 8.71. The van der Waals surface area contributed by atoms with Crippen molar-refractivity contribution in [3.8, 4) is 73.1 Å². The molecule has 0 bridgehead atoms. The second kappa shape index (κ2) is 14.2. The van der Waals surface area contributed by atoms with E-state index in [1.807, 2.05) is 0 Å². The lowest BCUT2D eigenvalue weighted by atomic mass is 9.89. The molecule has 0 saturated carbocycles. The molecule has 0 atom stereocenters. The Kier molecular flexibility index (Phi) is 8.25. The van der Waals surface area contributed by atoms with Crippen LogP contribution in [-0.4, -0.2) is 14.8 Å². The average molecular weight is 744 g/mol. The lowest BCUT2D eigenvalue weighted by Gasteiger charge is -2.16. The van der Waals surface area contributed by atoms with Crippen molar-refractivity contribution in [3.63, 3.8) is 0 Å². The zero-order valence-electron chi connectivity index (χ0n) is 31.7. The van der Waals surface area contributed by atoms with Crippen molar-refractivity contribution in [2.75, 3.05) is 0 Å². The molecule has 0 unspecified atom stereocenters. The van der Waals surface area contributed by atoms with Crippen molar-refractivity contribution < 1.29 is 4.42 Å². The highest BCUT2D eigenvalue weighted by atomic mass is 16.4. The van der Waals surface area contributed by atoms with Gasteiger partial charge in [-0.1, -0.05) is 152 Å². The molecule has 0 fully saturated rings. The molecular formula is C54H37N3O. The highest BCUT2D eigenvalue weighted by Gasteiger charge is 2.19. The molecule has 11 rings (SSSR count). The molecule has 0 radical (unpaired) electrons. The normalized spacial score (nSPS) is 12.3. The van der Waals surface area contributed by atoms with E-state index in [1.54, 1.807) is 0 Å². The van der Waals surface area contributed by atoms with E-state index < -0.39 is 0 Å². The first kappa shape index (κ1) is 33.8. The van der Waals surface area contributed by atoms with Crippen molar-refractivity contribution in [1.29, 1.82) is 0 Å². The van der Waals surface area contributed by atoms with Gasteiger partial charge in [0.15, 0.2) is 0 Å². The van der Waals surface area contributed by atoms with Crippen LogP contribution in [0.3, 0.4) is 0 Å². The number of aryl methyl sites for hydroxylation is 1. The Hall–Kier alpha value is -7.56. The summed E-state index contributed by atoms with van der Waals surface area (Å²) in [6.45, 7) is 0. The van der Waals surface area contributed by atoms with Gasteiger partial charge in [0.25, 0.3) is 0 Å². The zero-order chi connectivity index (χ0) is 38.4. The smallest absolute Gasteiger partial charge is 0.248 e. The van der Waals surface area contributed by atoms with E-state index in [0.29, 0.717) is 11.8 Å². The summed E-state index contributed by atoms with van der Waals surface area (Å²) >= 11 is 0. The number of hydrogen-bond acceptors (Lipinski definition) is 3. The molecule has 0 amide bonds. The summed E-state index contributed by atoms with van der Waals surface area (Å²) in [7, 11) is 0. The van der Waals surface area contributed by atoms with E-state index in [0.717, 1.165) is 40.7 Å². The van der Waals surface area contributed by atoms with Gasteiger partial charge in [0.05, 0.1) is 5.52 Å².